The molecule has 1 aromatic carbocycles. The first kappa shape index (κ1) is 15.2. The van der Waals surface area contributed by atoms with Crippen LogP contribution in [0.2, 0.25) is 0 Å². The van der Waals surface area contributed by atoms with Gasteiger partial charge in [-0.05, 0) is 23.8 Å². The maximum absolute atomic E-state index is 13.1. The highest BCUT2D eigenvalue weighted by molar-refractivity contribution is 5.85. The van der Waals surface area contributed by atoms with E-state index in [1.54, 1.807) is 0 Å². The molecule has 1 fully saturated rings. The van der Waals surface area contributed by atoms with E-state index in [1.165, 1.54) is 0 Å². The van der Waals surface area contributed by atoms with Crippen molar-refractivity contribution >= 4 is 12.4 Å². The monoisotopic (exact) mass is 284 g/mol. The first-order chi connectivity index (χ1) is 7.98. The van der Waals surface area contributed by atoms with E-state index >= 15 is 0 Å². The van der Waals surface area contributed by atoms with Gasteiger partial charge in [0, 0.05) is 25.7 Å². The number of hydrogen-bond donors (Lipinski definition) is 2. The molecule has 2 rings (SSSR count). The second-order valence-corrected chi connectivity index (χ2v) is 3.94. The van der Waals surface area contributed by atoms with E-state index in [-0.39, 0.29) is 18.0 Å². The zero-order valence-electron chi connectivity index (χ0n) is 9.35. The summed E-state index contributed by atoms with van der Waals surface area (Å²) in [5.74, 6) is -0.652. The number of benzene rings is 1. The molecule has 0 radical (unpaired) electrons. The Morgan fingerprint density at radius 3 is 2.44 bits per heavy atom. The van der Waals surface area contributed by atoms with Gasteiger partial charge in [-0.25, -0.2) is 4.39 Å². The standard InChI is InChI=1S/C11H12F4N2.ClH/c12-7-1-2-9(11(13,14)15)8(5-7)10-6-16-3-4-17-10;/h1-2,5,10,16-17H,3-4,6H2;1H/t10-;/m0./s1. The molecule has 1 aliphatic heterocycles. The van der Waals surface area contributed by atoms with Crippen LogP contribution in [0.15, 0.2) is 18.2 Å². The van der Waals surface area contributed by atoms with Crippen LogP contribution in [-0.2, 0) is 6.18 Å². The van der Waals surface area contributed by atoms with Crippen molar-refractivity contribution in [2.45, 2.75) is 12.2 Å². The Labute approximate surface area is 108 Å². The molecule has 7 heteroatoms. The van der Waals surface area contributed by atoms with Crippen LogP contribution in [0.3, 0.4) is 0 Å². The SMILES string of the molecule is Cl.Fc1ccc(C(F)(F)F)c([C@@H]2CNCCN2)c1. The van der Waals surface area contributed by atoms with E-state index in [2.05, 4.69) is 10.6 Å². The number of nitrogens with one attached hydrogen (secondary N) is 2. The molecule has 18 heavy (non-hydrogen) atoms. The minimum Gasteiger partial charge on any atom is -0.314 e. The number of hydrogen-bond acceptors (Lipinski definition) is 2. The Morgan fingerprint density at radius 1 is 1.17 bits per heavy atom. The average molecular weight is 285 g/mol. The largest absolute Gasteiger partial charge is 0.416 e. The van der Waals surface area contributed by atoms with E-state index in [4.69, 9.17) is 0 Å². The fraction of sp³-hybridized carbons (Fsp3) is 0.455. The molecule has 102 valence electrons. The van der Waals surface area contributed by atoms with Crippen molar-refractivity contribution in [3.05, 3.63) is 35.1 Å². The molecule has 0 spiro atoms. The fourth-order valence-electron chi connectivity index (χ4n) is 1.95. The van der Waals surface area contributed by atoms with Crippen LogP contribution in [0.25, 0.3) is 0 Å². The molecule has 0 amide bonds. The molecule has 1 atom stereocenters. The normalized spacial score (nSPS) is 20.3. The summed E-state index contributed by atoms with van der Waals surface area (Å²) < 4.78 is 51.4. The van der Waals surface area contributed by atoms with Gasteiger partial charge in [-0.3, -0.25) is 0 Å². The minimum absolute atomic E-state index is 0. The fourth-order valence-corrected chi connectivity index (χ4v) is 1.95. The van der Waals surface area contributed by atoms with Gasteiger partial charge < -0.3 is 10.6 Å². The number of halogens is 5. The van der Waals surface area contributed by atoms with Gasteiger partial charge in [0.15, 0.2) is 0 Å². The molecule has 1 saturated heterocycles. The lowest BCUT2D eigenvalue weighted by atomic mass is 9.98. The lowest BCUT2D eigenvalue weighted by Gasteiger charge is -2.27. The predicted molar refractivity (Wildman–Crippen MR) is 62.3 cm³/mol. The Morgan fingerprint density at radius 2 is 1.89 bits per heavy atom. The summed E-state index contributed by atoms with van der Waals surface area (Å²) in [6, 6.07) is 2.08. The quantitative estimate of drug-likeness (QED) is 0.774. The van der Waals surface area contributed by atoms with Crippen molar-refractivity contribution in [3.8, 4) is 0 Å². The summed E-state index contributed by atoms with van der Waals surface area (Å²) in [6.45, 7) is 1.64. The van der Waals surface area contributed by atoms with Gasteiger partial charge in [-0.1, -0.05) is 0 Å². The highest BCUT2D eigenvalue weighted by atomic mass is 35.5. The van der Waals surface area contributed by atoms with Gasteiger partial charge in [0.1, 0.15) is 5.82 Å². The van der Waals surface area contributed by atoms with Gasteiger partial charge in [0.2, 0.25) is 0 Å². The van der Waals surface area contributed by atoms with E-state index in [9.17, 15) is 17.6 Å². The molecule has 1 aliphatic rings. The Hall–Kier alpha value is -0.850. The first-order valence-corrected chi connectivity index (χ1v) is 5.29. The van der Waals surface area contributed by atoms with Crippen LogP contribution in [-0.4, -0.2) is 19.6 Å². The average Bonchev–Trinajstić information content (AvgIpc) is 2.28. The molecule has 2 N–H and O–H groups in total. The van der Waals surface area contributed by atoms with Crippen LogP contribution >= 0.6 is 12.4 Å². The van der Waals surface area contributed by atoms with Gasteiger partial charge >= 0.3 is 6.18 Å². The van der Waals surface area contributed by atoms with E-state index in [0.717, 1.165) is 18.2 Å². The summed E-state index contributed by atoms with van der Waals surface area (Å²) in [5, 5.41) is 5.93. The van der Waals surface area contributed by atoms with Crippen molar-refractivity contribution in [2.75, 3.05) is 19.6 Å². The molecule has 0 aromatic heterocycles. The molecule has 0 saturated carbocycles. The highest BCUT2D eigenvalue weighted by Gasteiger charge is 2.35. The second-order valence-electron chi connectivity index (χ2n) is 3.94. The van der Waals surface area contributed by atoms with Crippen molar-refractivity contribution < 1.29 is 17.6 Å². The number of rotatable bonds is 1. The zero-order chi connectivity index (χ0) is 12.5. The van der Waals surface area contributed by atoms with Crippen LogP contribution in [0.1, 0.15) is 17.2 Å². The Kier molecular flexibility index (Phi) is 4.95. The van der Waals surface area contributed by atoms with Crippen molar-refractivity contribution in [2.24, 2.45) is 0 Å². The summed E-state index contributed by atoms with van der Waals surface area (Å²) in [7, 11) is 0. The number of alkyl halides is 3. The Balaban J connectivity index is 0.00000162. The van der Waals surface area contributed by atoms with E-state index in [0.29, 0.717) is 19.6 Å². The second kappa shape index (κ2) is 5.86. The van der Waals surface area contributed by atoms with Crippen LogP contribution in [0, 0.1) is 5.82 Å². The minimum atomic E-state index is -4.46. The van der Waals surface area contributed by atoms with Crippen molar-refractivity contribution in [1.29, 1.82) is 0 Å². The van der Waals surface area contributed by atoms with Gasteiger partial charge in [0.25, 0.3) is 0 Å². The van der Waals surface area contributed by atoms with Gasteiger partial charge in [-0.2, -0.15) is 13.2 Å². The van der Waals surface area contributed by atoms with Crippen LogP contribution in [0.5, 0.6) is 0 Å². The molecule has 0 unspecified atom stereocenters. The maximum Gasteiger partial charge on any atom is 0.416 e. The van der Waals surface area contributed by atoms with Crippen LogP contribution < -0.4 is 10.6 Å². The third-order valence-corrected chi connectivity index (χ3v) is 2.74. The predicted octanol–water partition coefficient (Wildman–Crippen LogP) is 2.50. The molecule has 1 heterocycles. The summed E-state index contributed by atoms with van der Waals surface area (Å²) in [6.07, 6.45) is -4.46. The summed E-state index contributed by atoms with van der Waals surface area (Å²) in [4.78, 5) is 0. The van der Waals surface area contributed by atoms with E-state index in [1.807, 2.05) is 0 Å². The van der Waals surface area contributed by atoms with E-state index < -0.39 is 23.6 Å². The maximum atomic E-state index is 13.1. The summed E-state index contributed by atoms with van der Waals surface area (Å²) in [5.41, 5.74) is -0.815. The van der Waals surface area contributed by atoms with Gasteiger partial charge in [0.05, 0.1) is 5.56 Å². The molecule has 0 aliphatic carbocycles. The third kappa shape index (κ3) is 3.34. The van der Waals surface area contributed by atoms with Gasteiger partial charge in [-0.15, -0.1) is 12.4 Å². The first-order valence-electron chi connectivity index (χ1n) is 5.29. The smallest absolute Gasteiger partial charge is 0.314 e. The molecule has 2 nitrogen and oxygen atoms in total. The summed E-state index contributed by atoms with van der Waals surface area (Å²) >= 11 is 0. The third-order valence-electron chi connectivity index (χ3n) is 2.74. The lowest BCUT2D eigenvalue weighted by Crippen LogP contribution is -2.43. The van der Waals surface area contributed by atoms with Crippen LogP contribution in [0.4, 0.5) is 17.6 Å². The van der Waals surface area contributed by atoms with Crippen molar-refractivity contribution in [3.63, 3.8) is 0 Å². The molecular formula is C11H13ClF4N2. The topological polar surface area (TPSA) is 24.1 Å². The highest BCUT2D eigenvalue weighted by Crippen LogP contribution is 2.35. The Bertz CT molecular complexity index is 403. The molecule has 1 aromatic rings. The lowest BCUT2D eigenvalue weighted by molar-refractivity contribution is -0.138. The number of piperazine rings is 1. The molecule has 0 bridgehead atoms. The van der Waals surface area contributed by atoms with Crippen molar-refractivity contribution in [1.82, 2.24) is 10.6 Å². The zero-order valence-corrected chi connectivity index (χ0v) is 10.2. The molecular weight excluding hydrogens is 272 g/mol.